The molecule has 10 heteroatoms. The third-order valence-electron chi connectivity index (χ3n) is 2.73. The summed E-state index contributed by atoms with van der Waals surface area (Å²) >= 11 is 0. The van der Waals surface area contributed by atoms with Crippen LogP contribution in [0.2, 0.25) is 0 Å². The molecule has 0 aliphatic rings. The van der Waals surface area contributed by atoms with Crippen molar-refractivity contribution in [3.8, 4) is 11.3 Å². The van der Waals surface area contributed by atoms with Crippen molar-refractivity contribution in [1.82, 2.24) is 15.4 Å². The lowest BCUT2D eigenvalue weighted by Gasteiger charge is -2.15. The number of nitrogens with one attached hydrogen (secondary N) is 1. The van der Waals surface area contributed by atoms with Crippen LogP contribution in [-0.4, -0.2) is 28.7 Å². The lowest BCUT2D eigenvalue weighted by Crippen LogP contribution is -2.12. The summed E-state index contributed by atoms with van der Waals surface area (Å²) in [6.45, 7) is 0. The molecule has 0 unspecified atom stereocenters. The van der Waals surface area contributed by atoms with Gasteiger partial charge in [0.15, 0.2) is 0 Å². The van der Waals surface area contributed by atoms with Crippen LogP contribution in [0, 0.1) is 0 Å². The second kappa shape index (κ2) is 5.43. The molecule has 0 bridgehead atoms. The van der Waals surface area contributed by atoms with Crippen LogP contribution in [0.4, 0.5) is 26.3 Å². The molecule has 4 nitrogen and oxygen atoms in total. The van der Waals surface area contributed by atoms with E-state index >= 15 is 0 Å². The Balaban J connectivity index is 2.68. The Kier molecular flexibility index (Phi) is 3.94. The van der Waals surface area contributed by atoms with Crippen LogP contribution < -0.4 is 0 Å². The molecule has 0 amide bonds. The third kappa shape index (κ3) is 3.10. The van der Waals surface area contributed by atoms with E-state index in [2.05, 4.69) is 20.4 Å². The van der Waals surface area contributed by atoms with Gasteiger partial charge in [-0.15, -0.1) is 0 Å². The van der Waals surface area contributed by atoms with E-state index in [0.29, 0.717) is 6.07 Å². The van der Waals surface area contributed by atoms with E-state index in [4.69, 9.17) is 0 Å². The van der Waals surface area contributed by atoms with E-state index < -0.39 is 29.0 Å². The summed E-state index contributed by atoms with van der Waals surface area (Å²) < 4.78 is 77.0. The highest BCUT2D eigenvalue weighted by molar-refractivity contribution is 5.87. The minimum atomic E-state index is -4.98. The van der Waals surface area contributed by atoms with Gasteiger partial charge >= 0.3 is 12.4 Å². The summed E-state index contributed by atoms with van der Waals surface area (Å²) in [5, 5.41) is 9.29. The van der Waals surface area contributed by atoms with Crippen molar-refractivity contribution in [2.24, 2.45) is 4.99 Å². The first-order valence-electron chi connectivity index (χ1n) is 5.76. The molecule has 0 saturated heterocycles. The van der Waals surface area contributed by atoms with Gasteiger partial charge < -0.3 is 0 Å². The van der Waals surface area contributed by atoms with Crippen molar-refractivity contribution in [2.45, 2.75) is 12.4 Å². The summed E-state index contributed by atoms with van der Waals surface area (Å²) in [5.74, 6) is 0. The van der Waals surface area contributed by atoms with E-state index in [1.54, 1.807) is 0 Å². The molecule has 1 heterocycles. The first-order chi connectivity index (χ1) is 10.1. The number of aromatic amines is 1. The van der Waals surface area contributed by atoms with Gasteiger partial charge in [-0.2, -0.15) is 41.8 Å². The predicted octanol–water partition coefficient (Wildman–Crippen LogP) is 3.56. The van der Waals surface area contributed by atoms with Gasteiger partial charge in [0.25, 0.3) is 0 Å². The van der Waals surface area contributed by atoms with Gasteiger partial charge in [0.1, 0.15) is 11.4 Å². The highest BCUT2D eigenvalue weighted by Gasteiger charge is 2.39. The summed E-state index contributed by atoms with van der Waals surface area (Å²) in [7, 11) is 1.37. The van der Waals surface area contributed by atoms with Gasteiger partial charge in [0.2, 0.25) is 0 Å². The first kappa shape index (κ1) is 16.0. The predicted molar refractivity (Wildman–Crippen MR) is 65.3 cm³/mol. The van der Waals surface area contributed by atoms with E-state index in [9.17, 15) is 26.3 Å². The number of aromatic nitrogens is 3. The van der Waals surface area contributed by atoms with Gasteiger partial charge in [0, 0.05) is 12.6 Å². The minimum Gasteiger partial charge on any atom is -0.294 e. The number of alkyl halides is 6. The van der Waals surface area contributed by atoms with Crippen LogP contribution in [0.3, 0.4) is 0 Å². The van der Waals surface area contributed by atoms with Gasteiger partial charge in [-0.25, -0.2) is 0 Å². The third-order valence-corrected chi connectivity index (χ3v) is 2.73. The molecule has 0 radical (unpaired) electrons. The van der Waals surface area contributed by atoms with Gasteiger partial charge in [-0.3, -0.25) is 4.99 Å². The molecule has 118 valence electrons. The number of benzene rings is 1. The molecule has 2 rings (SSSR count). The Bertz CT molecular complexity index is 698. The maximum Gasteiger partial charge on any atom is 0.417 e. The number of halogens is 6. The zero-order chi connectivity index (χ0) is 16.5. The first-order valence-corrected chi connectivity index (χ1v) is 5.76. The van der Waals surface area contributed by atoms with Gasteiger partial charge in [-0.05, 0) is 12.1 Å². The smallest absolute Gasteiger partial charge is 0.294 e. The Hall–Kier alpha value is -2.39. The molecule has 0 aliphatic carbocycles. The summed E-state index contributed by atoms with van der Waals surface area (Å²) in [4.78, 5) is 3.60. The molecule has 0 fully saturated rings. The second-order valence-electron chi connectivity index (χ2n) is 4.20. The SMILES string of the molecule is CN=Cc1n[nH]nc1-c1ccc(C(F)(F)F)cc1C(F)(F)F. The zero-order valence-electron chi connectivity index (χ0n) is 10.9. The number of nitrogens with zero attached hydrogens (tertiary/aromatic N) is 3. The summed E-state index contributed by atoms with van der Waals surface area (Å²) in [6, 6.07) is 1.33. The molecule has 22 heavy (non-hydrogen) atoms. The molecule has 1 aromatic carbocycles. The minimum absolute atomic E-state index is 0.00670. The lowest BCUT2D eigenvalue weighted by atomic mass is 9.99. The normalized spacial score (nSPS) is 13.0. The van der Waals surface area contributed by atoms with Crippen molar-refractivity contribution < 1.29 is 26.3 Å². The molecule has 0 saturated carbocycles. The van der Waals surface area contributed by atoms with E-state index in [1.165, 1.54) is 7.05 Å². The monoisotopic (exact) mass is 322 g/mol. The Morgan fingerprint density at radius 2 is 1.73 bits per heavy atom. The quantitative estimate of drug-likeness (QED) is 0.679. The molecule has 0 aliphatic heterocycles. The molecular weight excluding hydrogens is 314 g/mol. The standard InChI is InChI=1S/C12H8F6N4/c1-19-5-9-10(21-22-20-9)7-3-2-6(11(13,14)15)4-8(7)12(16,17)18/h2-5H,1H3,(H,20,21,22). The van der Waals surface area contributed by atoms with Crippen molar-refractivity contribution in [3.05, 3.63) is 35.0 Å². The summed E-state index contributed by atoms with van der Waals surface area (Å²) in [6.07, 6.45) is -8.71. The number of aliphatic imine (C=N–C) groups is 1. The second-order valence-corrected chi connectivity index (χ2v) is 4.20. The molecule has 1 N–H and O–H groups in total. The Labute approximate surface area is 119 Å². The number of H-pyrrole nitrogens is 1. The molecule has 1 aromatic heterocycles. The maximum absolute atomic E-state index is 13.1. The largest absolute Gasteiger partial charge is 0.417 e. The number of rotatable bonds is 2. The van der Waals surface area contributed by atoms with Crippen molar-refractivity contribution in [1.29, 1.82) is 0 Å². The highest BCUT2D eigenvalue weighted by atomic mass is 19.4. The van der Waals surface area contributed by atoms with Crippen molar-refractivity contribution >= 4 is 6.21 Å². The van der Waals surface area contributed by atoms with Gasteiger partial charge in [-0.1, -0.05) is 6.07 Å². The van der Waals surface area contributed by atoms with E-state index in [0.717, 1.165) is 12.3 Å². The fraction of sp³-hybridized carbons (Fsp3) is 0.250. The van der Waals surface area contributed by atoms with Crippen molar-refractivity contribution in [3.63, 3.8) is 0 Å². The van der Waals surface area contributed by atoms with E-state index in [-0.39, 0.29) is 17.5 Å². The van der Waals surface area contributed by atoms with Crippen LogP contribution in [0.5, 0.6) is 0 Å². The lowest BCUT2D eigenvalue weighted by molar-refractivity contribution is -0.142. The fourth-order valence-corrected chi connectivity index (χ4v) is 1.81. The highest BCUT2D eigenvalue weighted by Crippen LogP contribution is 2.40. The average Bonchev–Trinajstić information content (AvgIpc) is 2.84. The summed E-state index contributed by atoms with van der Waals surface area (Å²) in [5.41, 5.74) is -3.58. The maximum atomic E-state index is 13.1. The topological polar surface area (TPSA) is 53.9 Å². The van der Waals surface area contributed by atoms with Crippen LogP contribution in [-0.2, 0) is 12.4 Å². The molecular formula is C12H8F6N4. The average molecular weight is 322 g/mol. The Morgan fingerprint density at radius 3 is 2.27 bits per heavy atom. The molecule has 0 spiro atoms. The van der Waals surface area contributed by atoms with Crippen molar-refractivity contribution in [2.75, 3.05) is 7.05 Å². The van der Waals surface area contributed by atoms with E-state index in [1.807, 2.05) is 0 Å². The Morgan fingerprint density at radius 1 is 1.05 bits per heavy atom. The number of hydrogen-bond acceptors (Lipinski definition) is 3. The zero-order valence-corrected chi connectivity index (χ0v) is 10.9. The van der Waals surface area contributed by atoms with Crippen LogP contribution in [0.1, 0.15) is 16.8 Å². The van der Waals surface area contributed by atoms with Crippen LogP contribution >= 0.6 is 0 Å². The fourth-order valence-electron chi connectivity index (χ4n) is 1.81. The van der Waals surface area contributed by atoms with Gasteiger partial charge in [0.05, 0.1) is 17.3 Å². The number of hydrogen-bond donors (Lipinski definition) is 1. The molecule has 0 atom stereocenters. The van der Waals surface area contributed by atoms with Crippen LogP contribution in [0.25, 0.3) is 11.3 Å². The van der Waals surface area contributed by atoms with Crippen LogP contribution in [0.15, 0.2) is 23.2 Å². The molecule has 2 aromatic rings.